The van der Waals surface area contributed by atoms with Crippen molar-refractivity contribution < 1.29 is 29.0 Å². The third kappa shape index (κ3) is 4.78. The number of halogens is 2. The summed E-state index contributed by atoms with van der Waals surface area (Å²) in [5.74, 6) is -2.92. The summed E-state index contributed by atoms with van der Waals surface area (Å²) in [7, 11) is 1.44. The molecule has 0 aliphatic carbocycles. The van der Waals surface area contributed by atoms with E-state index >= 15 is 0 Å². The van der Waals surface area contributed by atoms with Crippen LogP contribution in [-0.2, 0) is 25.7 Å². The van der Waals surface area contributed by atoms with Gasteiger partial charge in [-0.2, -0.15) is 0 Å². The third-order valence-electron chi connectivity index (χ3n) is 2.54. The van der Waals surface area contributed by atoms with Crippen molar-refractivity contribution in [2.75, 3.05) is 7.11 Å². The minimum atomic E-state index is -1.80. The van der Waals surface area contributed by atoms with E-state index in [0.29, 0.717) is 11.3 Å². The fourth-order valence-corrected chi connectivity index (χ4v) is 2.06. The molecule has 0 spiro atoms. The number of aliphatic carboxylic acids is 1. The monoisotopic (exact) mass is 349 g/mol. The smallest absolute Gasteiger partial charge is 0.340 e. The number of rotatable bonds is 6. The molecule has 0 aliphatic rings. The van der Waals surface area contributed by atoms with Gasteiger partial charge in [-0.3, -0.25) is 4.79 Å². The average Bonchev–Trinajstić information content (AvgIpc) is 2.42. The molecule has 0 aromatic heterocycles. The molecular formula is C13H13Cl2NO6. The Kier molecular flexibility index (Phi) is 6.45. The van der Waals surface area contributed by atoms with Gasteiger partial charge >= 0.3 is 11.9 Å². The first-order valence-electron chi connectivity index (χ1n) is 5.94. The summed E-state index contributed by atoms with van der Waals surface area (Å²) in [5.41, 5.74) is 0.296. The van der Waals surface area contributed by atoms with E-state index in [1.807, 2.05) is 5.32 Å². The third-order valence-corrected chi connectivity index (χ3v) is 3.21. The Bertz CT molecular complexity index is 581. The summed E-state index contributed by atoms with van der Waals surface area (Å²) in [6.45, 7) is 0.740. The van der Waals surface area contributed by atoms with Crippen LogP contribution in [-0.4, -0.2) is 36.1 Å². The minimum Gasteiger partial charge on any atom is -0.497 e. The van der Waals surface area contributed by atoms with E-state index in [1.54, 1.807) is 0 Å². The zero-order valence-corrected chi connectivity index (χ0v) is 13.2. The molecule has 7 nitrogen and oxygen atoms in total. The van der Waals surface area contributed by atoms with Crippen molar-refractivity contribution in [1.29, 1.82) is 0 Å². The number of hydrogen-bond donors (Lipinski definition) is 2. The van der Waals surface area contributed by atoms with E-state index in [-0.39, 0.29) is 16.7 Å². The molecular weight excluding hydrogens is 337 g/mol. The number of ether oxygens (including phenoxy) is 2. The molecule has 0 heterocycles. The molecule has 2 N–H and O–H groups in total. The lowest BCUT2D eigenvalue weighted by Gasteiger charge is -2.14. The van der Waals surface area contributed by atoms with Crippen molar-refractivity contribution in [2.24, 2.45) is 0 Å². The van der Waals surface area contributed by atoms with Crippen LogP contribution in [0, 0.1) is 0 Å². The van der Waals surface area contributed by atoms with Gasteiger partial charge in [0.25, 0.3) is 0 Å². The first-order chi connectivity index (χ1) is 10.3. The normalized spacial score (nSPS) is 11.5. The summed E-state index contributed by atoms with van der Waals surface area (Å²) < 4.78 is 9.81. The quantitative estimate of drug-likeness (QED) is 0.597. The molecule has 22 heavy (non-hydrogen) atoms. The Hall–Kier alpha value is -1.99. The van der Waals surface area contributed by atoms with Crippen molar-refractivity contribution in [3.05, 3.63) is 27.7 Å². The lowest BCUT2D eigenvalue weighted by Crippen LogP contribution is -2.46. The highest BCUT2D eigenvalue weighted by molar-refractivity contribution is 6.36. The van der Waals surface area contributed by atoms with Crippen LogP contribution in [0.3, 0.4) is 0 Å². The summed E-state index contributed by atoms with van der Waals surface area (Å²) in [6, 6.07) is 1.14. The van der Waals surface area contributed by atoms with Gasteiger partial charge in [0.05, 0.1) is 17.2 Å². The van der Waals surface area contributed by atoms with Crippen LogP contribution in [0.15, 0.2) is 12.1 Å². The van der Waals surface area contributed by atoms with Gasteiger partial charge in [0.2, 0.25) is 11.9 Å². The Balaban J connectivity index is 2.83. The van der Waals surface area contributed by atoms with Crippen LogP contribution in [0.2, 0.25) is 10.0 Å². The van der Waals surface area contributed by atoms with Gasteiger partial charge in [-0.05, 0) is 12.1 Å². The maximum absolute atomic E-state index is 11.7. The van der Waals surface area contributed by atoms with Crippen molar-refractivity contribution in [3.8, 4) is 5.75 Å². The van der Waals surface area contributed by atoms with Gasteiger partial charge < -0.3 is 19.9 Å². The second-order valence-electron chi connectivity index (χ2n) is 4.15. The molecule has 0 saturated carbocycles. The van der Waals surface area contributed by atoms with E-state index in [4.69, 9.17) is 37.8 Å². The number of benzene rings is 1. The average molecular weight is 350 g/mol. The van der Waals surface area contributed by atoms with Gasteiger partial charge in [-0.25, -0.2) is 9.59 Å². The summed E-state index contributed by atoms with van der Waals surface area (Å²) in [4.78, 5) is 33.5. The molecule has 1 aromatic rings. The minimum absolute atomic E-state index is 0.198. The lowest BCUT2D eigenvalue weighted by atomic mass is 10.2. The molecule has 0 fully saturated rings. The van der Waals surface area contributed by atoms with Gasteiger partial charge in [0.1, 0.15) is 12.4 Å². The second-order valence-corrected chi connectivity index (χ2v) is 4.96. The van der Waals surface area contributed by atoms with Crippen LogP contribution in [0.4, 0.5) is 0 Å². The number of carbonyl (C=O) groups excluding carboxylic acids is 2. The van der Waals surface area contributed by atoms with E-state index in [1.165, 1.54) is 19.2 Å². The van der Waals surface area contributed by atoms with Crippen LogP contribution in [0.5, 0.6) is 5.75 Å². The van der Waals surface area contributed by atoms with Crippen LogP contribution in [0.25, 0.3) is 0 Å². The largest absolute Gasteiger partial charge is 0.497 e. The maximum atomic E-state index is 11.7. The lowest BCUT2D eigenvalue weighted by molar-refractivity contribution is -0.157. The van der Waals surface area contributed by atoms with Gasteiger partial charge in [-0.1, -0.05) is 23.2 Å². The van der Waals surface area contributed by atoms with Gasteiger partial charge in [0.15, 0.2) is 0 Å². The molecule has 1 unspecified atom stereocenters. The van der Waals surface area contributed by atoms with Crippen LogP contribution >= 0.6 is 23.2 Å². The molecule has 0 saturated heterocycles. The molecule has 1 aromatic carbocycles. The van der Waals surface area contributed by atoms with Crippen molar-refractivity contribution >= 4 is 41.0 Å². The molecule has 1 amide bonds. The Morgan fingerprint density at radius 3 is 2.23 bits per heavy atom. The number of esters is 1. The number of nitrogens with one attached hydrogen (secondary N) is 1. The SMILES string of the molecule is COc1cc(Cl)c(COC(=O)C(NC(C)=O)C(=O)O)c(Cl)c1. The topological polar surface area (TPSA) is 102 Å². The van der Waals surface area contributed by atoms with Gasteiger partial charge in [0, 0.05) is 12.5 Å². The highest BCUT2D eigenvalue weighted by Gasteiger charge is 2.29. The number of amides is 1. The van der Waals surface area contributed by atoms with Crippen molar-refractivity contribution in [2.45, 2.75) is 19.6 Å². The Morgan fingerprint density at radius 1 is 1.27 bits per heavy atom. The Morgan fingerprint density at radius 2 is 1.82 bits per heavy atom. The number of methoxy groups -OCH3 is 1. The molecule has 1 atom stereocenters. The maximum Gasteiger partial charge on any atom is 0.340 e. The predicted octanol–water partition coefficient (Wildman–Crippen LogP) is 1.63. The van der Waals surface area contributed by atoms with E-state index in [9.17, 15) is 14.4 Å². The highest BCUT2D eigenvalue weighted by atomic mass is 35.5. The predicted molar refractivity (Wildman–Crippen MR) is 78.1 cm³/mol. The second kappa shape index (κ2) is 7.86. The molecule has 0 bridgehead atoms. The summed E-state index contributed by atoms with van der Waals surface area (Å²) >= 11 is 12.0. The number of carboxylic acids is 1. The molecule has 0 aliphatic heterocycles. The van der Waals surface area contributed by atoms with Crippen molar-refractivity contribution in [1.82, 2.24) is 5.32 Å². The first kappa shape index (κ1) is 18.1. The van der Waals surface area contributed by atoms with Gasteiger partial charge in [-0.15, -0.1) is 0 Å². The van der Waals surface area contributed by atoms with E-state index in [2.05, 4.69) is 0 Å². The van der Waals surface area contributed by atoms with Crippen LogP contribution in [0.1, 0.15) is 12.5 Å². The molecule has 0 radical (unpaired) electrons. The standard InChI is InChI=1S/C13H13Cl2NO6/c1-6(17)16-11(12(18)19)13(20)22-5-8-9(14)3-7(21-2)4-10(8)15/h3-4,11H,5H2,1-2H3,(H,16,17)(H,18,19). The van der Waals surface area contributed by atoms with Crippen molar-refractivity contribution in [3.63, 3.8) is 0 Å². The zero-order chi connectivity index (χ0) is 16.9. The number of carbonyl (C=O) groups is 3. The fraction of sp³-hybridized carbons (Fsp3) is 0.308. The van der Waals surface area contributed by atoms with E-state index in [0.717, 1.165) is 6.92 Å². The number of hydrogen-bond acceptors (Lipinski definition) is 5. The summed E-state index contributed by atoms with van der Waals surface area (Å²) in [6.07, 6.45) is 0. The highest BCUT2D eigenvalue weighted by Crippen LogP contribution is 2.30. The summed E-state index contributed by atoms with van der Waals surface area (Å²) in [5, 5.41) is 11.2. The Labute approximate surface area is 136 Å². The fourth-order valence-electron chi connectivity index (χ4n) is 1.49. The molecule has 1 rings (SSSR count). The van der Waals surface area contributed by atoms with E-state index < -0.39 is 23.9 Å². The van der Waals surface area contributed by atoms with Crippen LogP contribution < -0.4 is 10.1 Å². The first-order valence-corrected chi connectivity index (χ1v) is 6.70. The zero-order valence-electron chi connectivity index (χ0n) is 11.7. The molecule has 120 valence electrons. The molecule has 9 heteroatoms. The number of carboxylic acid groups (broad SMARTS) is 1.